The predicted molar refractivity (Wildman–Crippen MR) is 71.2 cm³/mol. The molecule has 1 aromatic carbocycles. The Morgan fingerprint density at radius 1 is 1.57 bits per heavy atom. The van der Waals surface area contributed by atoms with E-state index in [9.17, 15) is 14.0 Å². The molecule has 21 heavy (non-hydrogen) atoms. The summed E-state index contributed by atoms with van der Waals surface area (Å²) in [6.07, 6.45) is 0.386. The second kappa shape index (κ2) is 6.43. The van der Waals surface area contributed by atoms with Crippen LogP contribution in [0.1, 0.15) is 5.56 Å². The van der Waals surface area contributed by atoms with Crippen molar-refractivity contribution in [2.24, 2.45) is 5.92 Å². The average Bonchev–Trinajstić information content (AvgIpc) is 2.50. The fraction of sp³-hybridized carbons (Fsp3) is 0.429. The summed E-state index contributed by atoms with van der Waals surface area (Å²) in [5.74, 6) is -1.18. The molecule has 2 unspecified atom stereocenters. The topological polar surface area (TPSA) is 84.9 Å². The highest BCUT2D eigenvalue weighted by Gasteiger charge is 2.29. The van der Waals surface area contributed by atoms with E-state index in [1.54, 1.807) is 18.2 Å². The summed E-state index contributed by atoms with van der Waals surface area (Å²) in [4.78, 5) is 22.7. The number of carbonyl (C=O) groups excluding carboxylic acids is 1. The zero-order valence-corrected chi connectivity index (χ0v) is 11.5. The number of fused-ring (bicyclic) bond motifs is 1. The van der Waals surface area contributed by atoms with Gasteiger partial charge in [0.1, 0.15) is 24.8 Å². The molecule has 0 aliphatic carbocycles. The standard InChI is InChI=1S/C14H16FNO5/c1-20-10-2-3-12-8(5-10)4-9(7-21-12)13(17)16-11(6-15)14(18)19/h2-3,5,9,11H,4,6-7H2,1H3,(H,16,17)(H,18,19). The maximum atomic E-state index is 12.5. The molecule has 0 saturated heterocycles. The van der Waals surface area contributed by atoms with E-state index in [0.717, 1.165) is 5.56 Å². The molecule has 2 N–H and O–H groups in total. The van der Waals surface area contributed by atoms with Crippen LogP contribution in [0.3, 0.4) is 0 Å². The Morgan fingerprint density at radius 2 is 2.33 bits per heavy atom. The van der Waals surface area contributed by atoms with E-state index in [2.05, 4.69) is 5.32 Å². The molecule has 6 nitrogen and oxygen atoms in total. The van der Waals surface area contributed by atoms with Crippen molar-refractivity contribution >= 4 is 11.9 Å². The smallest absolute Gasteiger partial charge is 0.328 e. The number of carboxylic acids is 1. The minimum absolute atomic E-state index is 0.129. The Kier molecular flexibility index (Phi) is 4.62. The highest BCUT2D eigenvalue weighted by molar-refractivity contribution is 5.85. The van der Waals surface area contributed by atoms with E-state index >= 15 is 0 Å². The molecule has 114 valence electrons. The molecule has 2 atom stereocenters. The van der Waals surface area contributed by atoms with Gasteiger partial charge in [-0.25, -0.2) is 9.18 Å². The molecule has 0 bridgehead atoms. The number of carboxylic acid groups (broad SMARTS) is 1. The quantitative estimate of drug-likeness (QED) is 0.839. The van der Waals surface area contributed by atoms with Crippen LogP contribution in [-0.2, 0) is 16.0 Å². The van der Waals surface area contributed by atoms with E-state index in [1.165, 1.54) is 7.11 Å². The predicted octanol–water partition coefficient (Wildman–Crippen LogP) is 0.785. The molecule has 1 aliphatic heterocycles. The molecule has 1 aromatic rings. The van der Waals surface area contributed by atoms with Gasteiger partial charge in [-0.05, 0) is 30.2 Å². The third kappa shape index (κ3) is 3.42. The Bertz CT molecular complexity index is 548. The van der Waals surface area contributed by atoms with Crippen molar-refractivity contribution in [3.05, 3.63) is 23.8 Å². The van der Waals surface area contributed by atoms with Gasteiger partial charge < -0.3 is 19.9 Å². The monoisotopic (exact) mass is 297 g/mol. The molecule has 0 aromatic heterocycles. The maximum absolute atomic E-state index is 12.5. The lowest BCUT2D eigenvalue weighted by molar-refractivity contribution is -0.143. The molecule has 0 saturated carbocycles. The first-order valence-electron chi connectivity index (χ1n) is 6.44. The summed E-state index contributed by atoms with van der Waals surface area (Å²) in [6.45, 7) is -1.02. The van der Waals surface area contributed by atoms with Crippen molar-refractivity contribution < 1.29 is 28.6 Å². The minimum atomic E-state index is -1.52. The Hall–Kier alpha value is -2.31. The van der Waals surface area contributed by atoms with Crippen LogP contribution in [0.5, 0.6) is 11.5 Å². The summed E-state index contributed by atoms with van der Waals surface area (Å²) in [5.41, 5.74) is 0.799. The number of nitrogens with one attached hydrogen (secondary N) is 1. The second-order valence-electron chi connectivity index (χ2n) is 4.74. The SMILES string of the molecule is COc1ccc2c(c1)CC(C(=O)NC(CF)C(=O)O)CO2. The van der Waals surface area contributed by atoms with Gasteiger partial charge in [-0.3, -0.25) is 4.79 Å². The van der Waals surface area contributed by atoms with E-state index in [1.807, 2.05) is 0 Å². The van der Waals surface area contributed by atoms with Crippen LogP contribution in [0.4, 0.5) is 4.39 Å². The third-order valence-corrected chi connectivity index (χ3v) is 3.31. The number of methoxy groups -OCH3 is 1. The van der Waals surface area contributed by atoms with Crippen LogP contribution in [0.25, 0.3) is 0 Å². The zero-order chi connectivity index (χ0) is 15.4. The molecule has 0 radical (unpaired) electrons. The van der Waals surface area contributed by atoms with Crippen molar-refractivity contribution in [1.29, 1.82) is 0 Å². The number of benzene rings is 1. The molecular weight excluding hydrogens is 281 g/mol. The van der Waals surface area contributed by atoms with Crippen LogP contribution in [0.15, 0.2) is 18.2 Å². The number of hydrogen-bond acceptors (Lipinski definition) is 4. The van der Waals surface area contributed by atoms with Gasteiger partial charge >= 0.3 is 5.97 Å². The van der Waals surface area contributed by atoms with E-state index in [4.69, 9.17) is 14.6 Å². The van der Waals surface area contributed by atoms with E-state index in [0.29, 0.717) is 17.9 Å². The van der Waals surface area contributed by atoms with Gasteiger partial charge in [0.15, 0.2) is 6.04 Å². The summed E-state index contributed by atoms with van der Waals surface area (Å²) in [6, 6.07) is 3.75. The summed E-state index contributed by atoms with van der Waals surface area (Å²) < 4.78 is 23.1. The van der Waals surface area contributed by atoms with Crippen LogP contribution in [-0.4, -0.2) is 43.4 Å². The molecule has 1 amide bonds. The van der Waals surface area contributed by atoms with Gasteiger partial charge in [-0.1, -0.05) is 0 Å². The lowest BCUT2D eigenvalue weighted by Crippen LogP contribution is -2.47. The molecule has 2 rings (SSSR count). The number of carbonyl (C=O) groups is 2. The number of ether oxygens (including phenoxy) is 2. The first-order valence-corrected chi connectivity index (χ1v) is 6.44. The molecule has 7 heteroatoms. The van der Waals surface area contributed by atoms with Crippen molar-refractivity contribution in [2.45, 2.75) is 12.5 Å². The van der Waals surface area contributed by atoms with Gasteiger partial charge in [0, 0.05) is 0 Å². The minimum Gasteiger partial charge on any atom is -0.497 e. The van der Waals surface area contributed by atoms with Gasteiger partial charge in [0.05, 0.1) is 13.0 Å². The zero-order valence-electron chi connectivity index (χ0n) is 11.5. The van der Waals surface area contributed by atoms with Crippen molar-refractivity contribution in [2.75, 3.05) is 20.4 Å². The van der Waals surface area contributed by atoms with Crippen LogP contribution >= 0.6 is 0 Å². The number of hydrogen-bond donors (Lipinski definition) is 2. The van der Waals surface area contributed by atoms with Gasteiger partial charge in [0.2, 0.25) is 5.91 Å². The lowest BCUT2D eigenvalue weighted by atomic mass is 9.95. The van der Waals surface area contributed by atoms with Crippen LogP contribution in [0.2, 0.25) is 0 Å². The van der Waals surface area contributed by atoms with Crippen molar-refractivity contribution in [1.82, 2.24) is 5.32 Å². The Balaban J connectivity index is 2.06. The fourth-order valence-electron chi connectivity index (χ4n) is 2.12. The highest BCUT2D eigenvalue weighted by atomic mass is 19.1. The average molecular weight is 297 g/mol. The Labute approximate surface area is 120 Å². The molecule has 0 spiro atoms. The first-order chi connectivity index (χ1) is 10.0. The van der Waals surface area contributed by atoms with Crippen LogP contribution in [0, 0.1) is 5.92 Å². The number of aliphatic carboxylic acids is 1. The molecule has 1 aliphatic rings. The highest BCUT2D eigenvalue weighted by Crippen LogP contribution is 2.30. The largest absolute Gasteiger partial charge is 0.497 e. The van der Waals surface area contributed by atoms with Crippen molar-refractivity contribution in [3.63, 3.8) is 0 Å². The summed E-state index contributed by atoms with van der Waals surface area (Å²) >= 11 is 0. The first kappa shape index (κ1) is 15.1. The second-order valence-corrected chi connectivity index (χ2v) is 4.74. The van der Waals surface area contributed by atoms with E-state index in [-0.39, 0.29) is 6.61 Å². The number of rotatable bonds is 5. The van der Waals surface area contributed by atoms with E-state index < -0.39 is 30.5 Å². The van der Waals surface area contributed by atoms with Gasteiger partial charge in [-0.15, -0.1) is 0 Å². The van der Waals surface area contributed by atoms with Gasteiger partial charge in [-0.2, -0.15) is 0 Å². The Morgan fingerprint density at radius 3 is 2.95 bits per heavy atom. The molecule has 1 heterocycles. The lowest BCUT2D eigenvalue weighted by Gasteiger charge is -2.25. The van der Waals surface area contributed by atoms with Crippen molar-refractivity contribution in [3.8, 4) is 11.5 Å². The number of alkyl halides is 1. The molecular formula is C14H16FNO5. The number of amides is 1. The normalized spacial score (nSPS) is 18.1. The third-order valence-electron chi connectivity index (χ3n) is 3.31. The summed E-state index contributed by atoms with van der Waals surface area (Å²) in [5, 5.41) is 10.9. The fourth-order valence-corrected chi connectivity index (χ4v) is 2.12. The maximum Gasteiger partial charge on any atom is 0.328 e. The number of halogens is 1. The summed E-state index contributed by atoms with van der Waals surface area (Å²) in [7, 11) is 1.54. The molecule has 0 fully saturated rings. The van der Waals surface area contributed by atoms with Crippen LogP contribution < -0.4 is 14.8 Å². The van der Waals surface area contributed by atoms with Gasteiger partial charge in [0.25, 0.3) is 0 Å².